The highest BCUT2D eigenvalue weighted by atomic mass is 35.5. The number of methoxy groups -OCH3 is 1. The van der Waals surface area contributed by atoms with Gasteiger partial charge in [0.15, 0.2) is 0 Å². The standard InChI is InChI=1S/C13H10ClNO4/c1-18-11-3-2-4-12(15-11)19-10-7-8(14)5-6-9(10)13(16)17/h2-7H,1H3,(H,16,17). The zero-order chi connectivity index (χ0) is 13.8. The Morgan fingerprint density at radius 2 is 2.00 bits per heavy atom. The van der Waals surface area contributed by atoms with E-state index in [0.717, 1.165) is 0 Å². The van der Waals surface area contributed by atoms with E-state index in [9.17, 15) is 4.79 Å². The van der Waals surface area contributed by atoms with Crippen LogP contribution in [0.2, 0.25) is 5.02 Å². The lowest BCUT2D eigenvalue weighted by atomic mass is 10.2. The SMILES string of the molecule is COc1cccc(Oc2cc(Cl)ccc2C(=O)O)n1. The van der Waals surface area contributed by atoms with Crippen LogP contribution < -0.4 is 9.47 Å². The first kappa shape index (κ1) is 13.2. The van der Waals surface area contributed by atoms with Gasteiger partial charge in [-0.1, -0.05) is 17.7 Å². The fourth-order valence-corrected chi connectivity index (χ4v) is 1.60. The molecule has 5 nitrogen and oxygen atoms in total. The molecule has 2 rings (SSSR count). The summed E-state index contributed by atoms with van der Waals surface area (Å²) in [5.74, 6) is -0.379. The van der Waals surface area contributed by atoms with Gasteiger partial charge in [-0.25, -0.2) is 4.79 Å². The minimum atomic E-state index is -1.10. The minimum Gasteiger partial charge on any atom is -0.481 e. The molecule has 0 bridgehead atoms. The molecule has 0 saturated carbocycles. The number of carboxylic acids is 1. The Morgan fingerprint density at radius 3 is 2.68 bits per heavy atom. The molecule has 1 heterocycles. The number of aromatic nitrogens is 1. The highest BCUT2D eigenvalue weighted by molar-refractivity contribution is 6.30. The molecule has 0 aliphatic heterocycles. The largest absolute Gasteiger partial charge is 0.481 e. The van der Waals surface area contributed by atoms with Crippen LogP contribution in [-0.4, -0.2) is 23.2 Å². The fourth-order valence-electron chi connectivity index (χ4n) is 1.44. The van der Waals surface area contributed by atoms with Crippen LogP contribution in [0.3, 0.4) is 0 Å². The van der Waals surface area contributed by atoms with Crippen molar-refractivity contribution in [1.29, 1.82) is 0 Å². The molecule has 0 spiro atoms. The van der Waals surface area contributed by atoms with Gasteiger partial charge in [0.1, 0.15) is 11.3 Å². The zero-order valence-electron chi connectivity index (χ0n) is 9.96. The van der Waals surface area contributed by atoms with Crippen LogP contribution >= 0.6 is 11.6 Å². The van der Waals surface area contributed by atoms with Crippen molar-refractivity contribution >= 4 is 17.6 Å². The van der Waals surface area contributed by atoms with Crippen molar-refractivity contribution in [3.63, 3.8) is 0 Å². The number of nitrogens with zero attached hydrogens (tertiary/aromatic N) is 1. The zero-order valence-corrected chi connectivity index (χ0v) is 10.7. The van der Waals surface area contributed by atoms with Gasteiger partial charge < -0.3 is 14.6 Å². The number of hydrogen-bond donors (Lipinski definition) is 1. The molecule has 0 amide bonds. The molecule has 0 radical (unpaired) electrons. The molecule has 6 heteroatoms. The summed E-state index contributed by atoms with van der Waals surface area (Å²) in [6.07, 6.45) is 0. The molecule has 0 unspecified atom stereocenters. The second-order valence-corrected chi connectivity index (χ2v) is 4.00. The first-order valence-electron chi connectivity index (χ1n) is 5.32. The Bertz CT molecular complexity index is 615. The summed E-state index contributed by atoms with van der Waals surface area (Å²) in [6.45, 7) is 0. The molecular formula is C13H10ClNO4. The molecule has 1 aromatic heterocycles. The van der Waals surface area contributed by atoms with E-state index in [1.807, 2.05) is 0 Å². The van der Waals surface area contributed by atoms with Crippen LogP contribution in [0.4, 0.5) is 0 Å². The topological polar surface area (TPSA) is 68.7 Å². The van der Waals surface area contributed by atoms with Gasteiger partial charge >= 0.3 is 5.97 Å². The average Bonchev–Trinajstić information content (AvgIpc) is 2.38. The molecule has 19 heavy (non-hydrogen) atoms. The van der Waals surface area contributed by atoms with Crippen molar-refractivity contribution in [2.45, 2.75) is 0 Å². The molecule has 0 atom stereocenters. The van der Waals surface area contributed by atoms with Gasteiger partial charge in [0, 0.05) is 23.2 Å². The molecule has 2 aromatic rings. The summed E-state index contributed by atoms with van der Waals surface area (Å²) in [5.41, 5.74) is 0.00835. The number of rotatable bonds is 4. The maximum atomic E-state index is 11.1. The van der Waals surface area contributed by atoms with Gasteiger partial charge in [-0.15, -0.1) is 0 Å². The number of carbonyl (C=O) groups is 1. The molecule has 1 aromatic carbocycles. The van der Waals surface area contributed by atoms with Crippen LogP contribution in [0.5, 0.6) is 17.5 Å². The summed E-state index contributed by atoms with van der Waals surface area (Å²) < 4.78 is 10.4. The van der Waals surface area contributed by atoms with E-state index < -0.39 is 5.97 Å². The monoisotopic (exact) mass is 279 g/mol. The van der Waals surface area contributed by atoms with E-state index in [-0.39, 0.29) is 17.2 Å². The van der Waals surface area contributed by atoms with Crippen molar-refractivity contribution in [3.05, 3.63) is 47.0 Å². The molecule has 1 N–H and O–H groups in total. The maximum absolute atomic E-state index is 11.1. The summed E-state index contributed by atoms with van der Waals surface area (Å²) in [5, 5.41) is 9.44. The predicted molar refractivity (Wildman–Crippen MR) is 69.3 cm³/mol. The van der Waals surface area contributed by atoms with Crippen LogP contribution in [0.1, 0.15) is 10.4 Å². The van der Waals surface area contributed by atoms with Gasteiger partial charge in [-0.2, -0.15) is 4.98 Å². The first-order chi connectivity index (χ1) is 9.10. The van der Waals surface area contributed by atoms with E-state index in [1.165, 1.54) is 25.3 Å². The van der Waals surface area contributed by atoms with E-state index in [4.69, 9.17) is 26.2 Å². The van der Waals surface area contributed by atoms with Crippen LogP contribution in [-0.2, 0) is 0 Å². The lowest BCUT2D eigenvalue weighted by molar-refractivity contribution is 0.0694. The van der Waals surface area contributed by atoms with Crippen LogP contribution in [0.25, 0.3) is 0 Å². The van der Waals surface area contributed by atoms with Gasteiger partial charge in [0.25, 0.3) is 0 Å². The smallest absolute Gasteiger partial charge is 0.339 e. The first-order valence-corrected chi connectivity index (χ1v) is 5.69. The minimum absolute atomic E-state index is 0.00835. The highest BCUT2D eigenvalue weighted by Crippen LogP contribution is 2.28. The van der Waals surface area contributed by atoms with Crippen molar-refractivity contribution in [3.8, 4) is 17.5 Å². The quantitative estimate of drug-likeness (QED) is 0.930. The van der Waals surface area contributed by atoms with E-state index in [2.05, 4.69) is 4.98 Å². The van der Waals surface area contributed by atoms with Gasteiger partial charge in [0.05, 0.1) is 7.11 Å². The molecule has 98 valence electrons. The van der Waals surface area contributed by atoms with Crippen molar-refractivity contribution in [2.24, 2.45) is 0 Å². The normalized spacial score (nSPS) is 10.0. The molecule has 0 fully saturated rings. The molecular weight excluding hydrogens is 270 g/mol. The summed E-state index contributed by atoms with van der Waals surface area (Å²) in [6, 6.07) is 9.22. The van der Waals surface area contributed by atoms with Crippen molar-refractivity contribution < 1.29 is 19.4 Å². The highest BCUT2D eigenvalue weighted by Gasteiger charge is 2.13. The van der Waals surface area contributed by atoms with E-state index in [1.54, 1.807) is 18.2 Å². The van der Waals surface area contributed by atoms with E-state index in [0.29, 0.717) is 10.9 Å². The fraction of sp³-hybridized carbons (Fsp3) is 0.0769. The number of pyridine rings is 1. The Kier molecular flexibility index (Phi) is 3.87. The number of carboxylic acid groups (broad SMARTS) is 1. The summed E-state index contributed by atoms with van der Waals surface area (Å²) >= 11 is 5.83. The molecule has 0 aliphatic carbocycles. The lowest BCUT2D eigenvalue weighted by Crippen LogP contribution is -2.00. The van der Waals surface area contributed by atoms with Crippen molar-refractivity contribution in [2.75, 3.05) is 7.11 Å². The average molecular weight is 280 g/mol. The van der Waals surface area contributed by atoms with Crippen LogP contribution in [0, 0.1) is 0 Å². The van der Waals surface area contributed by atoms with E-state index >= 15 is 0 Å². The molecule has 0 aliphatic rings. The van der Waals surface area contributed by atoms with Crippen LogP contribution in [0.15, 0.2) is 36.4 Å². The van der Waals surface area contributed by atoms with Gasteiger partial charge in [-0.05, 0) is 12.1 Å². The summed E-state index contributed by atoms with van der Waals surface area (Å²) in [7, 11) is 1.48. The Hall–Kier alpha value is -2.27. The third-order valence-corrected chi connectivity index (χ3v) is 2.53. The maximum Gasteiger partial charge on any atom is 0.339 e. The van der Waals surface area contributed by atoms with Crippen molar-refractivity contribution in [1.82, 2.24) is 4.98 Å². The number of ether oxygens (including phenoxy) is 2. The summed E-state index contributed by atoms with van der Waals surface area (Å²) in [4.78, 5) is 15.1. The van der Waals surface area contributed by atoms with Gasteiger partial charge in [0.2, 0.25) is 11.8 Å². The third-order valence-electron chi connectivity index (χ3n) is 2.30. The number of hydrogen-bond acceptors (Lipinski definition) is 4. The Balaban J connectivity index is 2.36. The van der Waals surface area contributed by atoms with Gasteiger partial charge in [-0.3, -0.25) is 0 Å². The number of benzene rings is 1. The number of halogens is 1. The Labute approximate surface area is 114 Å². The number of aromatic carboxylic acids is 1. The predicted octanol–water partition coefficient (Wildman–Crippen LogP) is 3.23. The molecule has 0 saturated heterocycles. The Morgan fingerprint density at radius 1 is 1.26 bits per heavy atom. The third kappa shape index (κ3) is 3.14. The second kappa shape index (κ2) is 5.58. The second-order valence-electron chi connectivity index (χ2n) is 3.57. The lowest BCUT2D eigenvalue weighted by Gasteiger charge is -2.09.